The molecule has 2 atom stereocenters. The van der Waals surface area contributed by atoms with Crippen LogP contribution in [0, 0.1) is 0 Å². The average Bonchev–Trinajstić information content (AvgIpc) is 2.10. The van der Waals surface area contributed by atoms with Crippen LogP contribution in [0.2, 0.25) is 0 Å². The quantitative estimate of drug-likeness (QED) is 0.764. The van der Waals surface area contributed by atoms with Crippen molar-refractivity contribution in [3.05, 3.63) is 0 Å². The van der Waals surface area contributed by atoms with Crippen molar-refractivity contribution in [2.24, 2.45) is 0 Å². The number of aliphatic hydroxyl groups excluding tert-OH is 1. The molecule has 0 bridgehead atoms. The number of hydrogen-bond acceptors (Lipinski definition) is 3. The van der Waals surface area contributed by atoms with Crippen molar-refractivity contribution >= 4 is 6.09 Å². The third-order valence-corrected chi connectivity index (χ3v) is 2.18. The lowest BCUT2D eigenvalue weighted by Crippen LogP contribution is -2.43. The molecule has 0 radical (unpaired) electrons. The Kier molecular flexibility index (Phi) is 6.41. The summed E-state index contributed by atoms with van der Waals surface area (Å²) in [4.78, 5) is 11.4. The number of alkyl carbamates (subject to hydrolysis) is 1. The molecule has 0 aliphatic rings. The van der Waals surface area contributed by atoms with Gasteiger partial charge >= 0.3 is 6.09 Å². The van der Waals surface area contributed by atoms with Crippen LogP contribution in [0.1, 0.15) is 53.9 Å². The molecule has 4 heteroatoms. The van der Waals surface area contributed by atoms with Gasteiger partial charge in [0.05, 0.1) is 12.1 Å². The normalized spacial score (nSPS) is 15.4. The first kappa shape index (κ1) is 15.2. The minimum atomic E-state index is -0.507. The lowest BCUT2D eigenvalue weighted by molar-refractivity contribution is 0.0427. The molecule has 2 N–H and O–H groups in total. The Balaban J connectivity index is 3.94. The van der Waals surface area contributed by atoms with Crippen molar-refractivity contribution < 1.29 is 14.6 Å². The summed E-state index contributed by atoms with van der Waals surface area (Å²) >= 11 is 0. The van der Waals surface area contributed by atoms with E-state index in [9.17, 15) is 9.90 Å². The Bertz CT molecular complexity index is 211. The summed E-state index contributed by atoms with van der Waals surface area (Å²) in [5.41, 5.74) is -0.502. The lowest BCUT2D eigenvalue weighted by atomic mass is 10.1. The summed E-state index contributed by atoms with van der Waals surface area (Å²) in [5, 5.41) is 12.4. The Morgan fingerprint density at radius 3 is 2.44 bits per heavy atom. The number of rotatable bonds is 5. The highest BCUT2D eigenvalue weighted by atomic mass is 16.6. The molecule has 0 aromatic carbocycles. The molecule has 0 spiro atoms. The zero-order chi connectivity index (χ0) is 12.8. The van der Waals surface area contributed by atoms with E-state index in [-0.39, 0.29) is 6.04 Å². The number of carbonyl (C=O) groups is 1. The average molecular weight is 231 g/mol. The molecular weight excluding hydrogens is 206 g/mol. The second kappa shape index (κ2) is 6.74. The van der Waals surface area contributed by atoms with Crippen LogP contribution in [-0.4, -0.2) is 28.9 Å². The van der Waals surface area contributed by atoms with Crippen molar-refractivity contribution in [2.45, 2.75) is 71.6 Å². The van der Waals surface area contributed by atoms with E-state index in [1.165, 1.54) is 0 Å². The molecule has 4 nitrogen and oxygen atoms in total. The predicted molar refractivity (Wildman–Crippen MR) is 64.4 cm³/mol. The third kappa shape index (κ3) is 7.51. The number of hydrogen-bond donors (Lipinski definition) is 2. The standard InChI is InChI=1S/C12H25NO3/c1-6-7-8-10(14)9(2)13-11(15)16-12(3,4)5/h9-10,14H,6-8H2,1-5H3,(H,13,15)/t9-,10?/m0/s1. The second-order valence-corrected chi connectivity index (χ2v) is 5.14. The molecule has 0 aliphatic heterocycles. The first-order valence-electron chi connectivity index (χ1n) is 5.94. The van der Waals surface area contributed by atoms with Crippen molar-refractivity contribution in [2.75, 3.05) is 0 Å². The molecular formula is C12H25NO3. The molecule has 0 heterocycles. The molecule has 0 rings (SSSR count). The number of aliphatic hydroxyl groups is 1. The lowest BCUT2D eigenvalue weighted by Gasteiger charge is -2.24. The fourth-order valence-corrected chi connectivity index (χ4v) is 1.25. The highest BCUT2D eigenvalue weighted by Crippen LogP contribution is 2.08. The summed E-state index contributed by atoms with van der Waals surface area (Å²) in [7, 11) is 0. The van der Waals surface area contributed by atoms with E-state index in [0.717, 1.165) is 12.8 Å². The number of ether oxygens (including phenoxy) is 1. The number of unbranched alkanes of at least 4 members (excludes halogenated alkanes) is 1. The highest BCUT2D eigenvalue weighted by Gasteiger charge is 2.20. The van der Waals surface area contributed by atoms with Crippen LogP contribution in [0.25, 0.3) is 0 Å². The van der Waals surface area contributed by atoms with Crippen LogP contribution in [-0.2, 0) is 4.74 Å². The Morgan fingerprint density at radius 1 is 1.44 bits per heavy atom. The van der Waals surface area contributed by atoms with Crippen LogP contribution in [0.3, 0.4) is 0 Å². The van der Waals surface area contributed by atoms with Gasteiger partial charge in [-0.1, -0.05) is 19.8 Å². The van der Waals surface area contributed by atoms with Gasteiger partial charge in [-0.25, -0.2) is 4.79 Å². The molecule has 96 valence electrons. The molecule has 0 fully saturated rings. The fourth-order valence-electron chi connectivity index (χ4n) is 1.25. The van der Waals surface area contributed by atoms with Gasteiger partial charge in [0.2, 0.25) is 0 Å². The topological polar surface area (TPSA) is 58.6 Å². The smallest absolute Gasteiger partial charge is 0.407 e. The Hall–Kier alpha value is -0.770. The molecule has 0 saturated heterocycles. The molecule has 0 saturated carbocycles. The van der Waals surface area contributed by atoms with E-state index in [1.54, 1.807) is 6.92 Å². The summed E-state index contributed by atoms with van der Waals surface area (Å²) in [6.07, 6.45) is 1.72. The van der Waals surface area contributed by atoms with E-state index >= 15 is 0 Å². The van der Waals surface area contributed by atoms with Gasteiger partial charge in [0.25, 0.3) is 0 Å². The van der Waals surface area contributed by atoms with E-state index < -0.39 is 17.8 Å². The van der Waals surface area contributed by atoms with Crippen LogP contribution in [0.5, 0.6) is 0 Å². The summed E-state index contributed by atoms with van der Waals surface area (Å²) in [6, 6.07) is -0.276. The minimum absolute atomic E-state index is 0.276. The molecule has 0 aromatic rings. The number of nitrogens with one attached hydrogen (secondary N) is 1. The van der Waals surface area contributed by atoms with Gasteiger partial charge in [-0.05, 0) is 34.1 Å². The van der Waals surface area contributed by atoms with Gasteiger partial charge in [0, 0.05) is 0 Å². The minimum Gasteiger partial charge on any atom is -0.444 e. The van der Waals surface area contributed by atoms with Gasteiger partial charge in [0.15, 0.2) is 0 Å². The molecule has 1 amide bonds. The van der Waals surface area contributed by atoms with Gasteiger partial charge in [-0.3, -0.25) is 0 Å². The molecule has 1 unspecified atom stereocenters. The summed E-state index contributed by atoms with van der Waals surface area (Å²) < 4.78 is 5.10. The van der Waals surface area contributed by atoms with E-state index in [0.29, 0.717) is 6.42 Å². The largest absolute Gasteiger partial charge is 0.444 e. The monoisotopic (exact) mass is 231 g/mol. The first-order valence-corrected chi connectivity index (χ1v) is 5.94. The van der Waals surface area contributed by atoms with Crippen molar-refractivity contribution in [1.82, 2.24) is 5.32 Å². The van der Waals surface area contributed by atoms with Gasteiger partial charge < -0.3 is 15.2 Å². The maximum atomic E-state index is 11.4. The van der Waals surface area contributed by atoms with Crippen molar-refractivity contribution in [1.29, 1.82) is 0 Å². The van der Waals surface area contributed by atoms with E-state index in [4.69, 9.17) is 4.74 Å². The van der Waals surface area contributed by atoms with Crippen molar-refractivity contribution in [3.63, 3.8) is 0 Å². The van der Waals surface area contributed by atoms with Crippen LogP contribution in [0.15, 0.2) is 0 Å². The highest BCUT2D eigenvalue weighted by molar-refractivity contribution is 5.68. The number of amides is 1. The van der Waals surface area contributed by atoms with E-state index in [1.807, 2.05) is 20.8 Å². The van der Waals surface area contributed by atoms with Crippen LogP contribution in [0.4, 0.5) is 4.79 Å². The zero-order valence-corrected chi connectivity index (χ0v) is 11.0. The zero-order valence-electron chi connectivity index (χ0n) is 11.0. The SMILES string of the molecule is CCCCC(O)[C@H](C)NC(=O)OC(C)(C)C. The first-order chi connectivity index (χ1) is 7.26. The maximum Gasteiger partial charge on any atom is 0.407 e. The molecule has 16 heavy (non-hydrogen) atoms. The Labute approximate surface area is 98.4 Å². The summed E-state index contributed by atoms with van der Waals surface area (Å²) in [6.45, 7) is 9.28. The molecule has 0 aliphatic carbocycles. The van der Waals surface area contributed by atoms with Crippen LogP contribution < -0.4 is 5.32 Å². The maximum absolute atomic E-state index is 11.4. The number of carbonyl (C=O) groups excluding carboxylic acids is 1. The summed E-state index contributed by atoms with van der Waals surface area (Å²) in [5.74, 6) is 0. The van der Waals surface area contributed by atoms with Crippen LogP contribution >= 0.6 is 0 Å². The van der Waals surface area contributed by atoms with E-state index in [2.05, 4.69) is 12.2 Å². The Morgan fingerprint density at radius 2 is 2.00 bits per heavy atom. The fraction of sp³-hybridized carbons (Fsp3) is 0.917. The predicted octanol–water partition coefficient (Wildman–Crippen LogP) is 2.45. The molecule has 0 aromatic heterocycles. The van der Waals surface area contributed by atoms with Gasteiger partial charge in [-0.2, -0.15) is 0 Å². The second-order valence-electron chi connectivity index (χ2n) is 5.14. The van der Waals surface area contributed by atoms with Gasteiger partial charge in [-0.15, -0.1) is 0 Å². The third-order valence-electron chi connectivity index (χ3n) is 2.18. The van der Waals surface area contributed by atoms with Gasteiger partial charge in [0.1, 0.15) is 5.60 Å². The van der Waals surface area contributed by atoms with Crippen molar-refractivity contribution in [3.8, 4) is 0 Å².